The van der Waals surface area contributed by atoms with Gasteiger partial charge in [0.05, 0.1) is 6.54 Å². The summed E-state index contributed by atoms with van der Waals surface area (Å²) in [5, 5.41) is 6.70. The molecule has 0 bridgehead atoms. The van der Waals surface area contributed by atoms with Gasteiger partial charge in [0.1, 0.15) is 11.7 Å². The van der Waals surface area contributed by atoms with Crippen LogP contribution in [0.3, 0.4) is 0 Å². The van der Waals surface area contributed by atoms with Crippen LogP contribution in [0.2, 0.25) is 0 Å². The molecule has 0 aliphatic carbocycles. The summed E-state index contributed by atoms with van der Waals surface area (Å²) in [6, 6.07) is 5.55. The van der Waals surface area contributed by atoms with Crippen molar-refractivity contribution in [3.05, 3.63) is 30.3 Å². The molecule has 0 spiro atoms. The molecule has 2 aromatic heterocycles. The van der Waals surface area contributed by atoms with Crippen molar-refractivity contribution < 1.29 is 9.32 Å². The van der Waals surface area contributed by atoms with Crippen LogP contribution in [0, 0.1) is 5.92 Å². The van der Waals surface area contributed by atoms with E-state index in [1.54, 1.807) is 12.3 Å². The molecule has 0 radical (unpaired) electrons. The predicted octanol–water partition coefficient (Wildman–Crippen LogP) is 1.03. The fourth-order valence-electron chi connectivity index (χ4n) is 2.73. The maximum atomic E-state index is 12.2. The van der Waals surface area contributed by atoms with Gasteiger partial charge in [-0.1, -0.05) is 25.1 Å². The standard InChI is InChI=1S/C16H22N6O2/c1-10(2)7-11-8-13(21-20-11)16(23)18-9-14-19-15(22-24-14)12-5-3-4-6-17-12/h3-6,10-11,13,20-21H,7-9H2,1-2H3,(H,18,23). The number of nitrogens with one attached hydrogen (secondary N) is 3. The van der Waals surface area contributed by atoms with Gasteiger partial charge >= 0.3 is 0 Å². The van der Waals surface area contributed by atoms with Gasteiger partial charge in [0, 0.05) is 12.2 Å². The maximum absolute atomic E-state index is 12.2. The van der Waals surface area contributed by atoms with Crippen molar-refractivity contribution in [1.29, 1.82) is 0 Å². The lowest BCUT2D eigenvalue weighted by Crippen LogP contribution is -2.43. The highest BCUT2D eigenvalue weighted by Gasteiger charge is 2.29. The second-order valence-corrected chi connectivity index (χ2v) is 6.35. The molecule has 3 heterocycles. The Morgan fingerprint density at radius 3 is 3.04 bits per heavy atom. The third-order valence-electron chi connectivity index (χ3n) is 3.83. The van der Waals surface area contributed by atoms with E-state index in [2.05, 4.69) is 45.1 Å². The molecule has 2 aromatic rings. The van der Waals surface area contributed by atoms with Crippen molar-refractivity contribution in [3.63, 3.8) is 0 Å². The van der Waals surface area contributed by atoms with Gasteiger partial charge in [0.2, 0.25) is 17.6 Å². The number of amides is 1. The van der Waals surface area contributed by atoms with Gasteiger partial charge in [-0.2, -0.15) is 4.98 Å². The molecule has 0 saturated carbocycles. The summed E-state index contributed by atoms with van der Waals surface area (Å²) in [7, 11) is 0. The second kappa shape index (κ2) is 7.50. The van der Waals surface area contributed by atoms with Crippen LogP contribution in [-0.4, -0.2) is 33.1 Å². The average molecular weight is 330 g/mol. The molecule has 3 rings (SSSR count). The summed E-state index contributed by atoms with van der Waals surface area (Å²) in [6.45, 7) is 4.54. The van der Waals surface area contributed by atoms with Crippen LogP contribution in [0.15, 0.2) is 28.9 Å². The molecule has 2 atom stereocenters. The van der Waals surface area contributed by atoms with Crippen LogP contribution >= 0.6 is 0 Å². The Bertz CT molecular complexity index is 672. The van der Waals surface area contributed by atoms with Crippen LogP contribution in [-0.2, 0) is 11.3 Å². The number of pyridine rings is 1. The van der Waals surface area contributed by atoms with E-state index in [9.17, 15) is 4.79 Å². The number of hydrazine groups is 1. The molecule has 1 fully saturated rings. The minimum atomic E-state index is -0.244. The van der Waals surface area contributed by atoms with Gasteiger partial charge in [0.15, 0.2) is 0 Å². The van der Waals surface area contributed by atoms with Crippen molar-refractivity contribution in [3.8, 4) is 11.5 Å². The molecule has 1 aliphatic heterocycles. The van der Waals surface area contributed by atoms with Gasteiger partial charge in [0.25, 0.3) is 0 Å². The number of rotatable bonds is 6. The zero-order valence-corrected chi connectivity index (χ0v) is 13.8. The fourth-order valence-corrected chi connectivity index (χ4v) is 2.73. The van der Waals surface area contributed by atoms with Gasteiger partial charge in [-0.05, 0) is 30.9 Å². The summed E-state index contributed by atoms with van der Waals surface area (Å²) >= 11 is 0. The molecule has 1 saturated heterocycles. The number of hydrogen-bond donors (Lipinski definition) is 3. The third-order valence-corrected chi connectivity index (χ3v) is 3.83. The van der Waals surface area contributed by atoms with E-state index in [1.165, 1.54) is 0 Å². The molecule has 1 aliphatic rings. The Hall–Kier alpha value is -2.32. The first kappa shape index (κ1) is 16.5. The Morgan fingerprint density at radius 2 is 2.29 bits per heavy atom. The van der Waals surface area contributed by atoms with Crippen LogP contribution < -0.4 is 16.2 Å². The summed E-state index contributed by atoms with van der Waals surface area (Å²) in [5.41, 5.74) is 6.85. The summed E-state index contributed by atoms with van der Waals surface area (Å²) in [5.74, 6) is 1.28. The Kier molecular flexibility index (Phi) is 5.17. The zero-order chi connectivity index (χ0) is 16.9. The summed E-state index contributed by atoms with van der Waals surface area (Å²) in [4.78, 5) is 20.6. The first-order valence-corrected chi connectivity index (χ1v) is 8.14. The molecule has 128 valence electrons. The number of hydrogen-bond acceptors (Lipinski definition) is 7. The molecular weight excluding hydrogens is 308 g/mol. The van der Waals surface area contributed by atoms with E-state index in [0.29, 0.717) is 29.4 Å². The lowest BCUT2D eigenvalue weighted by molar-refractivity contribution is -0.123. The van der Waals surface area contributed by atoms with Gasteiger partial charge in [-0.15, -0.1) is 0 Å². The van der Waals surface area contributed by atoms with E-state index >= 15 is 0 Å². The predicted molar refractivity (Wildman–Crippen MR) is 87.3 cm³/mol. The van der Waals surface area contributed by atoms with Crippen molar-refractivity contribution >= 4 is 5.91 Å². The number of aromatic nitrogens is 3. The maximum Gasteiger partial charge on any atom is 0.246 e. The monoisotopic (exact) mass is 330 g/mol. The molecule has 1 amide bonds. The van der Waals surface area contributed by atoms with E-state index in [1.807, 2.05) is 12.1 Å². The van der Waals surface area contributed by atoms with Crippen molar-refractivity contribution in [1.82, 2.24) is 31.3 Å². The zero-order valence-electron chi connectivity index (χ0n) is 13.8. The third kappa shape index (κ3) is 4.15. The molecule has 2 unspecified atom stereocenters. The van der Waals surface area contributed by atoms with Gasteiger partial charge < -0.3 is 9.84 Å². The molecular formula is C16H22N6O2. The van der Waals surface area contributed by atoms with Crippen molar-refractivity contribution in [2.24, 2.45) is 5.92 Å². The SMILES string of the molecule is CC(C)CC1CC(C(=O)NCc2nc(-c3ccccn3)no2)NN1. The first-order chi connectivity index (χ1) is 11.6. The van der Waals surface area contributed by atoms with Crippen LogP contribution in [0.1, 0.15) is 32.6 Å². The highest BCUT2D eigenvalue weighted by molar-refractivity contribution is 5.81. The van der Waals surface area contributed by atoms with Gasteiger partial charge in [-0.3, -0.25) is 15.2 Å². The molecule has 24 heavy (non-hydrogen) atoms. The number of carbonyl (C=O) groups is 1. The Balaban J connectivity index is 1.50. The Labute approximate surface area is 140 Å². The van der Waals surface area contributed by atoms with E-state index in [4.69, 9.17) is 4.52 Å². The minimum Gasteiger partial charge on any atom is -0.346 e. The first-order valence-electron chi connectivity index (χ1n) is 8.14. The number of nitrogens with zero attached hydrogens (tertiary/aromatic N) is 3. The fraction of sp³-hybridized carbons (Fsp3) is 0.500. The molecule has 8 heteroatoms. The normalized spacial score (nSPS) is 20.5. The van der Waals surface area contributed by atoms with Crippen LogP contribution in [0.4, 0.5) is 0 Å². The quantitative estimate of drug-likeness (QED) is 0.726. The summed E-state index contributed by atoms with van der Waals surface area (Å²) in [6.07, 6.45) is 3.47. The van der Waals surface area contributed by atoms with Gasteiger partial charge in [-0.25, -0.2) is 5.43 Å². The number of carbonyl (C=O) groups excluding carboxylic acids is 1. The lowest BCUT2D eigenvalue weighted by Gasteiger charge is -2.11. The highest BCUT2D eigenvalue weighted by Crippen LogP contribution is 2.14. The van der Waals surface area contributed by atoms with Crippen LogP contribution in [0.25, 0.3) is 11.5 Å². The largest absolute Gasteiger partial charge is 0.346 e. The summed E-state index contributed by atoms with van der Waals surface area (Å²) < 4.78 is 5.15. The molecule has 0 aromatic carbocycles. The lowest BCUT2D eigenvalue weighted by atomic mass is 10.00. The van der Waals surface area contributed by atoms with E-state index < -0.39 is 0 Å². The topological polar surface area (TPSA) is 105 Å². The highest BCUT2D eigenvalue weighted by atomic mass is 16.5. The average Bonchev–Trinajstić information content (AvgIpc) is 3.22. The second-order valence-electron chi connectivity index (χ2n) is 6.35. The van der Waals surface area contributed by atoms with Crippen molar-refractivity contribution in [2.45, 2.75) is 45.3 Å². The van der Waals surface area contributed by atoms with E-state index in [0.717, 1.165) is 12.8 Å². The Morgan fingerprint density at radius 1 is 1.42 bits per heavy atom. The van der Waals surface area contributed by atoms with E-state index in [-0.39, 0.29) is 18.5 Å². The molecule has 8 nitrogen and oxygen atoms in total. The van der Waals surface area contributed by atoms with Crippen molar-refractivity contribution in [2.75, 3.05) is 0 Å². The smallest absolute Gasteiger partial charge is 0.246 e. The van der Waals surface area contributed by atoms with Crippen LogP contribution in [0.5, 0.6) is 0 Å². The molecule has 3 N–H and O–H groups in total. The minimum absolute atomic E-state index is 0.0775.